The third-order valence-electron chi connectivity index (χ3n) is 11.8. The van der Waals surface area contributed by atoms with Crippen molar-refractivity contribution in [2.75, 3.05) is 9.80 Å². The Morgan fingerprint density at radius 2 is 0.964 bits per heavy atom. The molecule has 0 heterocycles. The van der Waals surface area contributed by atoms with Crippen LogP contribution >= 0.6 is 0 Å². The third-order valence-corrected chi connectivity index (χ3v) is 11.8. The van der Waals surface area contributed by atoms with Crippen molar-refractivity contribution < 1.29 is 0 Å². The number of benzene rings is 7. The zero-order chi connectivity index (χ0) is 38.1. The summed E-state index contributed by atoms with van der Waals surface area (Å²) in [6.07, 6.45) is 0. The number of para-hydroxylation sites is 2. The fraction of sp³-hybridized carbons (Fsp3) is 0.137. The van der Waals surface area contributed by atoms with Crippen LogP contribution in [0.1, 0.15) is 61.1 Å². The SMILES string of the molecule is [C-]#[N+]c1ccc(N(c2ccccc2)c2cc(C)c3c(c2)C(C)(C)c2cc4c(cc2-3)C(C)(C)c2cc(N(c3ccccc3)c3ccc(C#N)cc3)ccc2-4)cc1. The van der Waals surface area contributed by atoms with Gasteiger partial charge in [-0.3, -0.25) is 0 Å². The van der Waals surface area contributed by atoms with Gasteiger partial charge in [-0.1, -0.05) is 82.3 Å². The van der Waals surface area contributed by atoms with Gasteiger partial charge < -0.3 is 9.80 Å². The third kappa shape index (κ3) is 5.33. The van der Waals surface area contributed by atoms with Crippen molar-refractivity contribution in [3.8, 4) is 28.3 Å². The molecular weight excluding hydrogens is 669 g/mol. The van der Waals surface area contributed by atoms with Crippen molar-refractivity contribution in [2.45, 2.75) is 45.4 Å². The molecule has 0 fully saturated rings. The fourth-order valence-corrected chi connectivity index (χ4v) is 8.93. The largest absolute Gasteiger partial charge is 0.311 e. The lowest BCUT2D eigenvalue weighted by molar-refractivity contribution is 0.652. The first-order chi connectivity index (χ1) is 26.6. The van der Waals surface area contributed by atoms with E-state index in [0.29, 0.717) is 11.3 Å². The summed E-state index contributed by atoms with van der Waals surface area (Å²) in [5.41, 5.74) is 19.0. The molecule has 0 N–H and O–H groups in total. The van der Waals surface area contributed by atoms with Crippen molar-refractivity contribution in [3.63, 3.8) is 0 Å². The van der Waals surface area contributed by atoms with Crippen LogP contribution in [-0.2, 0) is 10.8 Å². The Morgan fingerprint density at radius 1 is 0.491 bits per heavy atom. The Bertz CT molecular complexity index is 2710. The molecule has 7 aromatic carbocycles. The van der Waals surface area contributed by atoms with Gasteiger partial charge in [0.2, 0.25) is 0 Å². The number of hydrogen-bond donors (Lipinski definition) is 0. The standard InChI is InChI=1S/C51H40N4/c1-33-27-41(55(37-15-11-8-12-16-37)39-23-19-35(53-6)20-24-39)29-48-49(33)44-31-46-43(30-47(44)51(48,4)5)42-26-25-40(28-45(42)50(46,2)3)54(36-13-9-7-10-14-36)38-21-17-34(32-52)18-22-38/h7-31H,1-5H3. The van der Waals surface area contributed by atoms with Gasteiger partial charge in [-0.2, -0.15) is 5.26 Å². The first kappa shape index (κ1) is 33.9. The molecule has 0 saturated heterocycles. The summed E-state index contributed by atoms with van der Waals surface area (Å²) >= 11 is 0. The van der Waals surface area contributed by atoms with Gasteiger partial charge in [-0.25, -0.2) is 4.85 Å². The topological polar surface area (TPSA) is 34.6 Å². The average molecular weight is 709 g/mol. The highest BCUT2D eigenvalue weighted by Gasteiger charge is 2.43. The molecule has 0 spiro atoms. The molecule has 0 radical (unpaired) electrons. The molecule has 0 saturated carbocycles. The van der Waals surface area contributed by atoms with Crippen LogP contribution in [0.15, 0.2) is 152 Å². The number of hydrogen-bond acceptors (Lipinski definition) is 3. The molecular formula is C51H40N4. The normalized spacial score (nSPS) is 13.8. The maximum atomic E-state index is 9.48. The second kappa shape index (κ2) is 12.6. The van der Waals surface area contributed by atoms with Crippen molar-refractivity contribution in [3.05, 3.63) is 196 Å². The number of anilines is 6. The highest BCUT2D eigenvalue weighted by atomic mass is 15.1. The zero-order valence-electron chi connectivity index (χ0n) is 31.7. The van der Waals surface area contributed by atoms with Gasteiger partial charge in [0.25, 0.3) is 0 Å². The van der Waals surface area contributed by atoms with Gasteiger partial charge in [0.15, 0.2) is 5.69 Å². The lowest BCUT2D eigenvalue weighted by Crippen LogP contribution is -2.18. The van der Waals surface area contributed by atoms with Gasteiger partial charge in [0.05, 0.1) is 18.2 Å². The molecule has 55 heavy (non-hydrogen) atoms. The van der Waals surface area contributed by atoms with E-state index in [2.05, 4.69) is 146 Å². The highest BCUT2D eigenvalue weighted by Crippen LogP contribution is 2.58. The molecule has 0 atom stereocenters. The van der Waals surface area contributed by atoms with E-state index in [1.807, 2.05) is 60.7 Å². The second-order valence-corrected chi connectivity index (χ2v) is 15.7. The summed E-state index contributed by atoms with van der Waals surface area (Å²) in [4.78, 5) is 8.21. The molecule has 0 unspecified atom stereocenters. The Morgan fingerprint density at radius 3 is 1.56 bits per heavy atom. The van der Waals surface area contributed by atoms with E-state index in [-0.39, 0.29) is 10.8 Å². The molecule has 2 aliphatic carbocycles. The Labute approximate surface area is 324 Å². The maximum absolute atomic E-state index is 9.48. The minimum atomic E-state index is -0.233. The van der Waals surface area contributed by atoms with Gasteiger partial charge in [-0.05, 0) is 154 Å². The van der Waals surface area contributed by atoms with Gasteiger partial charge in [0.1, 0.15) is 0 Å². The Balaban J connectivity index is 1.15. The molecule has 4 heteroatoms. The summed E-state index contributed by atoms with van der Waals surface area (Å²) in [5.74, 6) is 0. The monoisotopic (exact) mass is 708 g/mol. The van der Waals surface area contributed by atoms with Crippen LogP contribution in [0.25, 0.3) is 27.1 Å². The van der Waals surface area contributed by atoms with Gasteiger partial charge in [-0.15, -0.1) is 0 Å². The minimum Gasteiger partial charge on any atom is -0.311 e. The van der Waals surface area contributed by atoms with Crippen LogP contribution in [0.2, 0.25) is 0 Å². The van der Waals surface area contributed by atoms with Gasteiger partial charge >= 0.3 is 0 Å². The lowest BCUT2D eigenvalue weighted by Gasteiger charge is -2.29. The van der Waals surface area contributed by atoms with E-state index < -0.39 is 0 Å². The molecule has 0 aliphatic heterocycles. The van der Waals surface area contributed by atoms with Crippen molar-refractivity contribution in [2.24, 2.45) is 0 Å². The molecule has 9 rings (SSSR count). The van der Waals surface area contributed by atoms with Crippen LogP contribution in [-0.4, -0.2) is 0 Å². The van der Waals surface area contributed by atoms with Crippen LogP contribution in [0, 0.1) is 24.8 Å². The molecule has 4 nitrogen and oxygen atoms in total. The highest BCUT2D eigenvalue weighted by molar-refractivity contribution is 5.93. The summed E-state index contributed by atoms with van der Waals surface area (Å²) in [6, 6.07) is 55.5. The van der Waals surface area contributed by atoms with Crippen LogP contribution in [0.5, 0.6) is 0 Å². The second-order valence-electron chi connectivity index (χ2n) is 15.7. The fourth-order valence-electron chi connectivity index (χ4n) is 8.93. The molecule has 2 aliphatic rings. The Kier molecular flexibility index (Phi) is 7.78. The summed E-state index contributed by atoms with van der Waals surface area (Å²) in [5, 5.41) is 9.48. The molecule has 0 bridgehead atoms. The molecule has 264 valence electrons. The van der Waals surface area contributed by atoms with Crippen LogP contribution in [0.3, 0.4) is 0 Å². The smallest absolute Gasteiger partial charge is 0.187 e. The quantitative estimate of drug-likeness (QED) is 0.161. The van der Waals surface area contributed by atoms with E-state index in [0.717, 1.165) is 34.1 Å². The van der Waals surface area contributed by atoms with E-state index in [4.69, 9.17) is 6.57 Å². The predicted molar refractivity (Wildman–Crippen MR) is 227 cm³/mol. The predicted octanol–water partition coefficient (Wildman–Crippen LogP) is 14.0. The van der Waals surface area contributed by atoms with Crippen LogP contribution < -0.4 is 9.80 Å². The minimum absolute atomic E-state index is 0.231. The van der Waals surface area contributed by atoms with Crippen LogP contribution in [0.4, 0.5) is 39.8 Å². The van der Waals surface area contributed by atoms with Gasteiger partial charge in [0, 0.05) is 45.0 Å². The maximum Gasteiger partial charge on any atom is 0.187 e. The van der Waals surface area contributed by atoms with Crippen molar-refractivity contribution in [1.82, 2.24) is 0 Å². The Hall–Kier alpha value is -6.88. The van der Waals surface area contributed by atoms with Crippen molar-refractivity contribution in [1.29, 1.82) is 5.26 Å². The van der Waals surface area contributed by atoms with E-state index in [1.165, 1.54) is 50.1 Å². The number of aryl methyl sites for hydroxylation is 1. The first-order valence-corrected chi connectivity index (χ1v) is 18.8. The summed E-state index contributed by atoms with van der Waals surface area (Å²) in [6.45, 7) is 19.2. The molecule has 7 aromatic rings. The van der Waals surface area contributed by atoms with Crippen molar-refractivity contribution >= 4 is 39.8 Å². The first-order valence-electron chi connectivity index (χ1n) is 18.8. The number of nitriles is 1. The summed E-state index contributed by atoms with van der Waals surface area (Å²) in [7, 11) is 0. The summed E-state index contributed by atoms with van der Waals surface area (Å²) < 4.78 is 0. The van der Waals surface area contributed by atoms with E-state index in [9.17, 15) is 5.26 Å². The molecule has 0 amide bonds. The molecule has 0 aromatic heterocycles. The van der Waals surface area contributed by atoms with E-state index >= 15 is 0 Å². The average Bonchev–Trinajstić information content (AvgIpc) is 3.57. The van der Waals surface area contributed by atoms with E-state index in [1.54, 1.807) is 0 Å². The lowest BCUT2D eigenvalue weighted by atomic mass is 9.79. The number of nitrogens with zero attached hydrogens (tertiary/aromatic N) is 4. The number of rotatable bonds is 6. The zero-order valence-corrected chi connectivity index (χ0v) is 31.7. The number of fused-ring (bicyclic) bond motifs is 6.